The summed E-state index contributed by atoms with van der Waals surface area (Å²) in [5.41, 5.74) is -0.405. The molecule has 106 valence electrons. The van der Waals surface area contributed by atoms with E-state index in [0.29, 0.717) is 18.4 Å². The average molecular weight is 256 g/mol. The second kappa shape index (κ2) is 6.55. The second-order valence-electron chi connectivity index (χ2n) is 6.36. The van der Waals surface area contributed by atoms with Gasteiger partial charge < -0.3 is 9.47 Å². The first-order valence-corrected chi connectivity index (χ1v) is 7.12. The third-order valence-electron chi connectivity index (χ3n) is 3.72. The fourth-order valence-electron chi connectivity index (χ4n) is 3.05. The molecule has 0 saturated heterocycles. The Morgan fingerprint density at radius 3 is 2.44 bits per heavy atom. The van der Waals surface area contributed by atoms with Crippen molar-refractivity contribution in [2.24, 2.45) is 17.3 Å². The van der Waals surface area contributed by atoms with Crippen LogP contribution in [0.15, 0.2) is 0 Å². The van der Waals surface area contributed by atoms with Gasteiger partial charge in [-0.05, 0) is 37.5 Å². The van der Waals surface area contributed by atoms with Gasteiger partial charge in [-0.2, -0.15) is 0 Å². The molecular weight excluding hydrogens is 228 g/mol. The summed E-state index contributed by atoms with van der Waals surface area (Å²) < 4.78 is 11.1. The molecule has 0 amide bonds. The van der Waals surface area contributed by atoms with E-state index < -0.39 is 5.41 Å². The van der Waals surface area contributed by atoms with Crippen LogP contribution in [-0.4, -0.2) is 25.8 Å². The fourth-order valence-corrected chi connectivity index (χ4v) is 3.05. The van der Waals surface area contributed by atoms with Crippen molar-refractivity contribution in [2.75, 3.05) is 13.7 Å². The zero-order valence-electron chi connectivity index (χ0n) is 12.5. The monoisotopic (exact) mass is 256 g/mol. The quantitative estimate of drug-likeness (QED) is 0.683. The molecule has 0 spiro atoms. The standard InChI is InChI=1S/C15H28O3/c1-11(2)9-15(8-6-7-13(15)17-5)14(16)18-10-12(3)4/h11-13H,6-10H2,1-5H3. The van der Waals surface area contributed by atoms with Crippen molar-refractivity contribution in [2.45, 2.75) is 59.5 Å². The molecule has 0 aromatic rings. The van der Waals surface area contributed by atoms with Gasteiger partial charge >= 0.3 is 5.97 Å². The van der Waals surface area contributed by atoms with E-state index >= 15 is 0 Å². The third-order valence-corrected chi connectivity index (χ3v) is 3.72. The molecule has 0 aromatic carbocycles. The molecule has 0 bridgehead atoms. The highest BCUT2D eigenvalue weighted by Crippen LogP contribution is 2.45. The highest BCUT2D eigenvalue weighted by Gasteiger charge is 2.50. The molecule has 1 fully saturated rings. The van der Waals surface area contributed by atoms with E-state index in [1.54, 1.807) is 7.11 Å². The Morgan fingerprint density at radius 2 is 1.94 bits per heavy atom. The van der Waals surface area contributed by atoms with Crippen LogP contribution in [0.5, 0.6) is 0 Å². The first-order valence-electron chi connectivity index (χ1n) is 7.12. The zero-order chi connectivity index (χ0) is 13.8. The molecule has 2 atom stereocenters. The van der Waals surface area contributed by atoms with Gasteiger partial charge in [-0.15, -0.1) is 0 Å². The van der Waals surface area contributed by atoms with Crippen LogP contribution in [0.1, 0.15) is 53.4 Å². The Morgan fingerprint density at radius 1 is 1.28 bits per heavy atom. The van der Waals surface area contributed by atoms with Crippen molar-refractivity contribution in [3.63, 3.8) is 0 Å². The number of methoxy groups -OCH3 is 1. The lowest BCUT2D eigenvalue weighted by Crippen LogP contribution is -2.42. The summed E-state index contributed by atoms with van der Waals surface area (Å²) in [6.45, 7) is 8.94. The van der Waals surface area contributed by atoms with Crippen LogP contribution in [0.25, 0.3) is 0 Å². The number of ether oxygens (including phenoxy) is 2. The number of esters is 1. The van der Waals surface area contributed by atoms with Gasteiger partial charge in [0, 0.05) is 7.11 Å². The summed E-state index contributed by atoms with van der Waals surface area (Å²) in [5, 5.41) is 0. The largest absolute Gasteiger partial charge is 0.465 e. The van der Waals surface area contributed by atoms with Gasteiger partial charge in [-0.1, -0.05) is 27.7 Å². The van der Waals surface area contributed by atoms with Crippen LogP contribution < -0.4 is 0 Å². The van der Waals surface area contributed by atoms with Crippen molar-refractivity contribution < 1.29 is 14.3 Å². The molecule has 2 unspecified atom stereocenters. The van der Waals surface area contributed by atoms with Crippen LogP contribution in [0.2, 0.25) is 0 Å². The topological polar surface area (TPSA) is 35.5 Å². The van der Waals surface area contributed by atoms with Crippen molar-refractivity contribution >= 4 is 5.97 Å². The average Bonchev–Trinajstić information content (AvgIpc) is 2.68. The minimum Gasteiger partial charge on any atom is -0.465 e. The maximum atomic E-state index is 12.5. The van der Waals surface area contributed by atoms with Gasteiger partial charge in [0.2, 0.25) is 0 Å². The predicted octanol–water partition coefficient (Wildman–Crippen LogP) is 3.42. The third kappa shape index (κ3) is 3.47. The maximum Gasteiger partial charge on any atom is 0.314 e. The van der Waals surface area contributed by atoms with Crippen LogP contribution in [0.4, 0.5) is 0 Å². The molecule has 18 heavy (non-hydrogen) atoms. The van der Waals surface area contributed by atoms with E-state index in [9.17, 15) is 4.79 Å². The van der Waals surface area contributed by atoms with Crippen LogP contribution in [0, 0.1) is 17.3 Å². The zero-order valence-corrected chi connectivity index (χ0v) is 12.5. The summed E-state index contributed by atoms with van der Waals surface area (Å²) in [7, 11) is 1.71. The highest BCUT2D eigenvalue weighted by molar-refractivity contribution is 5.78. The summed E-state index contributed by atoms with van der Waals surface area (Å²) in [6, 6.07) is 0. The van der Waals surface area contributed by atoms with Crippen molar-refractivity contribution in [1.29, 1.82) is 0 Å². The molecule has 3 heteroatoms. The van der Waals surface area contributed by atoms with Gasteiger partial charge in [0.1, 0.15) is 0 Å². The maximum absolute atomic E-state index is 12.5. The Balaban J connectivity index is 2.80. The van der Waals surface area contributed by atoms with Crippen LogP contribution in [0.3, 0.4) is 0 Å². The molecule has 1 saturated carbocycles. The highest BCUT2D eigenvalue weighted by atomic mass is 16.5. The molecule has 0 aromatic heterocycles. The van der Waals surface area contributed by atoms with E-state index in [2.05, 4.69) is 27.7 Å². The van der Waals surface area contributed by atoms with Gasteiger partial charge in [-0.25, -0.2) is 0 Å². The Kier molecular flexibility index (Phi) is 5.64. The summed E-state index contributed by atoms with van der Waals surface area (Å²) in [5.74, 6) is 0.814. The van der Waals surface area contributed by atoms with Gasteiger partial charge in [-0.3, -0.25) is 4.79 Å². The van der Waals surface area contributed by atoms with Gasteiger partial charge in [0.05, 0.1) is 18.1 Å². The SMILES string of the molecule is COC1CCCC1(CC(C)C)C(=O)OCC(C)C. The number of hydrogen-bond donors (Lipinski definition) is 0. The lowest BCUT2D eigenvalue weighted by molar-refractivity contribution is -0.165. The van der Waals surface area contributed by atoms with Crippen molar-refractivity contribution in [3.8, 4) is 0 Å². The smallest absolute Gasteiger partial charge is 0.314 e. The summed E-state index contributed by atoms with van der Waals surface area (Å²) >= 11 is 0. The Labute approximate surface area is 111 Å². The molecule has 0 N–H and O–H groups in total. The van der Waals surface area contributed by atoms with Crippen LogP contribution in [-0.2, 0) is 14.3 Å². The Bertz CT molecular complexity index is 273. The molecular formula is C15H28O3. The molecule has 0 radical (unpaired) electrons. The predicted molar refractivity (Wildman–Crippen MR) is 72.3 cm³/mol. The summed E-state index contributed by atoms with van der Waals surface area (Å²) in [4.78, 5) is 12.5. The van der Waals surface area contributed by atoms with Crippen LogP contribution >= 0.6 is 0 Å². The van der Waals surface area contributed by atoms with E-state index in [-0.39, 0.29) is 12.1 Å². The van der Waals surface area contributed by atoms with Crippen molar-refractivity contribution in [1.82, 2.24) is 0 Å². The van der Waals surface area contributed by atoms with E-state index in [4.69, 9.17) is 9.47 Å². The first kappa shape index (κ1) is 15.5. The lowest BCUT2D eigenvalue weighted by Gasteiger charge is -2.34. The number of carbonyl (C=O) groups excluding carboxylic acids is 1. The lowest BCUT2D eigenvalue weighted by atomic mass is 9.77. The van der Waals surface area contributed by atoms with E-state index in [1.807, 2.05) is 0 Å². The number of rotatable bonds is 6. The normalized spacial score (nSPS) is 28.1. The molecule has 1 aliphatic carbocycles. The summed E-state index contributed by atoms with van der Waals surface area (Å²) in [6.07, 6.45) is 3.82. The molecule has 1 rings (SSSR count). The van der Waals surface area contributed by atoms with E-state index in [1.165, 1.54) is 0 Å². The molecule has 0 aliphatic heterocycles. The minimum absolute atomic E-state index is 0.0274. The fraction of sp³-hybridized carbons (Fsp3) is 0.933. The second-order valence-corrected chi connectivity index (χ2v) is 6.36. The molecule has 3 nitrogen and oxygen atoms in total. The van der Waals surface area contributed by atoms with Gasteiger partial charge in [0.15, 0.2) is 0 Å². The number of carbonyl (C=O) groups is 1. The van der Waals surface area contributed by atoms with E-state index in [0.717, 1.165) is 25.7 Å². The van der Waals surface area contributed by atoms with Gasteiger partial charge in [0.25, 0.3) is 0 Å². The molecule has 1 aliphatic rings. The minimum atomic E-state index is -0.405. The van der Waals surface area contributed by atoms with Crippen molar-refractivity contribution in [3.05, 3.63) is 0 Å². The molecule has 0 heterocycles. The Hall–Kier alpha value is -0.570. The number of hydrogen-bond acceptors (Lipinski definition) is 3. The first-order chi connectivity index (χ1) is 8.42.